The lowest BCUT2D eigenvalue weighted by Crippen LogP contribution is -1.71. The molecule has 0 N–H and O–H groups in total. The molecular weight excluding hydrogens is 154 g/mol. The van der Waals surface area contributed by atoms with Crippen LogP contribution in [0.4, 0.5) is 0 Å². The van der Waals surface area contributed by atoms with E-state index in [1.165, 1.54) is 0 Å². The molecule has 0 nitrogen and oxygen atoms in total. The molecule has 0 atom stereocenters. The fourth-order valence-electron chi connectivity index (χ4n) is 0.138. The number of alkyl halides is 2. The number of allylic oxidation sites excluding steroid dienone is 2. The normalized spacial score (nSPS) is 12.1. The van der Waals surface area contributed by atoms with Gasteiger partial charge in [-0.3, -0.25) is 0 Å². The van der Waals surface area contributed by atoms with Gasteiger partial charge in [-0.15, -0.1) is 23.2 Å². The van der Waals surface area contributed by atoms with E-state index < -0.39 is 0 Å². The van der Waals surface area contributed by atoms with Gasteiger partial charge < -0.3 is 0 Å². The fraction of sp³-hybridized carbons (Fsp3) is 0.500. The molecule has 0 aliphatic carbocycles. The second-order valence-corrected chi connectivity index (χ2v) is 2.00. The maximum atomic E-state index is 5.41. The van der Waals surface area contributed by atoms with Crippen LogP contribution in [-0.2, 0) is 0 Å². The Bertz CT molecular complexity index is 67.3. The second-order valence-electron chi connectivity index (χ2n) is 0.939. The van der Waals surface area contributed by atoms with Crippen LogP contribution in [0.3, 0.4) is 0 Å². The van der Waals surface area contributed by atoms with Gasteiger partial charge in [-0.05, 0) is 0 Å². The summed E-state index contributed by atoms with van der Waals surface area (Å²) in [6, 6.07) is 0. The molecule has 0 saturated heterocycles. The van der Waals surface area contributed by atoms with Crippen molar-refractivity contribution >= 4 is 34.8 Å². The Kier molecular flexibility index (Phi) is 5.18. The van der Waals surface area contributed by atoms with Crippen molar-refractivity contribution < 1.29 is 0 Å². The van der Waals surface area contributed by atoms with E-state index in [0.717, 1.165) is 0 Å². The molecule has 0 aromatic rings. The summed E-state index contributed by atoms with van der Waals surface area (Å²) in [6.07, 6.45) is 1.66. The van der Waals surface area contributed by atoms with Gasteiger partial charge in [0.05, 0.1) is 5.88 Å². The fourth-order valence-corrected chi connectivity index (χ4v) is 0.590. The lowest BCUT2D eigenvalue weighted by Gasteiger charge is -1.82. The predicted octanol–water partition coefficient (Wildman–Crippen LogP) is 2.59. The molecule has 0 amide bonds. The first-order valence-electron chi connectivity index (χ1n) is 1.77. The summed E-state index contributed by atoms with van der Waals surface area (Å²) in [5, 5.41) is 0.608. The van der Waals surface area contributed by atoms with Gasteiger partial charge >= 0.3 is 0 Å². The second kappa shape index (κ2) is 4.76. The molecule has 0 spiro atoms. The van der Waals surface area contributed by atoms with Gasteiger partial charge in [0.25, 0.3) is 0 Å². The molecule has 42 valence electrons. The minimum Gasteiger partial charge on any atom is -0.122 e. The summed E-state index contributed by atoms with van der Waals surface area (Å²) in [6.45, 7) is 0. The smallest absolute Gasteiger partial charge is 0.0579 e. The minimum absolute atomic E-state index is 0.355. The van der Waals surface area contributed by atoms with Gasteiger partial charge in [0.2, 0.25) is 0 Å². The van der Waals surface area contributed by atoms with Crippen LogP contribution >= 0.6 is 34.8 Å². The zero-order valence-corrected chi connectivity index (χ0v) is 5.89. The Hall–Kier alpha value is 0.610. The monoisotopic (exact) mass is 158 g/mol. The van der Waals surface area contributed by atoms with Crippen molar-refractivity contribution in [2.75, 3.05) is 11.8 Å². The third-order valence-electron chi connectivity index (χ3n) is 0.426. The van der Waals surface area contributed by atoms with Crippen molar-refractivity contribution in [3.05, 3.63) is 11.1 Å². The molecule has 0 unspecified atom stereocenters. The average molecular weight is 159 g/mol. The highest BCUT2D eigenvalue weighted by Gasteiger charge is 1.82. The van der Waals surface area contributed by atoms with Crippen LogP contribution in [0.25, 0.3) is 0 Å². The Balaban J connectivity index is 3.29. The van der Waals surface area contributed by atoms with Crippen LogP contribution in [0.1, 0.15) is 0 Å². The molecule has 0 heterocycles. The van der Waals surface area contributed by atoms with Gasteiger partial charge in [0.15, 0.2) is 0 Å². The van der Waals surface area contributed by atoms with Gasteiger partial charge in [-0.2, -0.15) is 0 Å². The highest BCUT2D eigenvalue weighted by molar-refractivity contribution is 6.36. The van der Waals surface area contributed by atoms with Crippen molar-refractivity contribution in [2.45, 2.75) is 0 Å². The molecular formula is C4H5Cl3. The van der Waals surface area contributed by atoms with E-state index in [2.05, 4.69) is 0 Å². The molecule has 3 heteroatoms. The molecule has 0 bridgehead atoms. The summed E-state index contributed by atoms with van der Waals surface area (Å²) in [4.78, 5) is 0. The number of halogens is 3. The average Bonchev–Trinajstić information content (AvgIpc) is 1.68. The first-order valence-corrected chi connectivity index (χ1v) is 3.22. The summed E-state index contributed by atoms with van der Waals surface area (Å²) >= 11 is 15.9. The van der Waals surface area contributed by atoms with Gasteiger partial charge in [-0.25, -0.2) is 0 Å². The standard InChI is InChI=1S/C4H5Cl3/c5-2-1-4(7)3-6/h1H,2-3H2/b4-1-. The highest BCUT2D eigenvalue weighted by Crippen LogP contribution is 2.02. The van der Waals surface area contributed by atoms with Crippen LogP contribution in [0.15, 0.2) is 11.1 Å². The Morgan fingerprint density at radius 2 is 2.00 bits per heavy atom. The summed E-state index contributed by atoms with van der Waals surface area (Å²) in [5.74, 6) is 0.791. The Morgan fingerprint density at radius 3 is 2.14 bits per heavy atom. The lowest BCUT2D eigenvalue weighted by atomic mass is 10.6. The van der Waals surface area contributed by atoms with Crippen molar-refractivity contribution in [3.8, 4) is 0 Å². The molecule has 0 saturated carbocycles. The van der Waals surface area contributed by atoms with E-state index in [1.54, 1.807) is 6.08 Å². The zero-order chi connectivity index (χ0) is 5.70. The molecule has 0 rings (SSSR count). The zero-order valence-electron chi connectivity index (χ0n) is 3.63. The molecule has 0 aromatic heterocycles. The maximum absolute atomic E-state index is 5.41. The van der Waals surface area contributed by atoms with E-state index in [1.807, 2.05) is 0 Å². The third-order valence-corrected chi connectivity index (χ3v) is 1.29. The van der Waals surface area contributed by atoms with E-state index in [4.69, 9.17) is 34.8 Å². The first kappa shape index (κ1) is 7.61. The van der Waals surface area contributed by atoms with Crippen molar-refractivity contribution in [2.24, 2.45) is 0 Å². The molecule has 0 fully saturated rings. The van der Waals surface area contributed by atoms with Crippen LogP contribution < -0.4 is 0 Å². The summed E-state index contributed by atoms with van der Waals surface area (Å²) in [7, 11) is 0. The van der Waals surface area contributed by atoms with E-state index in [-0.39, 0.29) is 0 Å². The van der Waals surface area contributed by atoms with E-state index in [9.17, 15) is 0 Å². The lowest BCUT2D eigenvalue weighted by molar-refractivity contribution is 1.60. The number of hydrogen-bond acceptors (Lipinski definition) is 0. The Labute approximate surface area is 58.1 Å². The molecule has 0 aromatic carbocycles. The highest BCUT2D eigenvalue weighted by atomic mass is 35.5. The van der Waals surface area contributed by atoms with Crippen LogP contribution in [0.5, 0.6) is 0 Å². The Morgan fingerprint density at radius 1 is 1.43 bits per heavy atom. The molecule has 0 aliphatic heterocycles. The van der Waals surface area contributed by atoms with Gasteiger partial charge in [0, 0.05) is 10.9 Å². The van der Waals surface area contributed by atoms with Crippen LogP contribution in [-0.4, -0.2) is 11.8 Å². The summed E-state index contributed by atoms with van der Waals surface area (Å²) < 4.78 is 0. The van der Waals surface area contributed by atoms with Crippen LogP contribution in [0, 0.1) is 0 Å². The predicted molar refractivity (Wildman–Crippen MR) is 35.4 cm³/mol. The van der Waals surface area contributed by atoms with Crippen molar-refractivity contribution in [1.29, 1.82) is 0 Å². The third kappa shape index (κ3) is 4.46. The largest absolute Gasteiger partial charge is 0.122 e. The molecule has 0 aliphatic rings. The van der Waals surface area contributed by atoms with Gasteiger partial charge in [-0.1, -0.05) is 17.7 Å². The summed E-state index contributed by atoms with van der Waals surface area (Å²) in [5.41, 5.74) is 0. The van der Waals surface area contributed by atoms with Crippen molar-refractivity contribution in [1.82, 2.24) is 0 Å². The number of rotatable bonds is 2. The minimum atomic E-state index is 0.355. The topological polar surface area (TPSA) is 0 Å². The van der Waals surface area contributed by atoms with Gasteiger partial charge in [0.1, 0.15) is 0 Å². The quantitative estimate of drug-likeness (QED) is 0.543. The molecule has 0 radical (unpaired) electrons. The number of hydrogen-bond donors (Lipinski definition) is 0. The maximum Gasteiger partial charge on any atom is 0.0579 e. The van der Waals surface area contributed by atoms with Crippen molar-refractivity contribution in [3.63, 3.8) is 0 Å². The van der Waals surface area contributed by atoms with E-state index in [0.29, 0.717) is 16.8 Å². The first-order chi connectivity index (χ1) is 3.31. The molecule has 7 heavy (non-hydrogen) atoms. The SMILES string of the molecule is ClC/C=C(\Cl)CCl. The van der Waals surface area contributed by atoms with E-state index >= 15 is 0 Å². The van der Waals surface area contributed by atoms with Crippen LogP contribution in [0.2, 0.25) is 0 Å².